The van der Waals surface area contributed by atoms with Crippen LogP contribution < -0.4 is 5.32 Å². The van der Waals surface area contributed by atoms with Gasteiger partial charge in [-0.05, 0) is 50.9 Å². The first-order valence-electron chi connectivity index (χ1n) is 8.03. The molecule has 0 radical (unpaired) electrons. The molecule has 0 amide bonds. The molecule has 1 aliphatic rings. The lowest BCUT2D eigenvalue weighted by Crippen LogP contribution is -2.32. The van der Waals surface area contributed by atoms with Crippen LogP contribution in [0, 0.1) is 12.8 Å². The van der Waals surface area contributed by atoms with E-state index in [1.54, 1.807) is 0 Å². The van der Waals surface area contributed by atoms with Crippen LogP contribution in [0.3, 0.4) is 0 Å². The lowest BCUT2D eigenvalue weighted by Gasteiger charge is -2.22. The second-order valence-corrected chi connectivity index (χ2v) is 6.02. The minimum atomic E-state index is 0.334. The van der Waals surface area contributed by atoms with Crippen LogP contribution in [0.5, 0.6) is 0 Å². The van der Waals surface area contributed by atoms with Gasteiger partial charge in [0.2, 0.25) is 5.82 Å². The Labute approximate surface area is 138 Å². The van der Waals surface area contributed by atoms with Gasteiger partial charge in [-0.1, -0.05) is 10.4 Å². The van der Waals surface area contributed by atoms with Gasteiger partial charge in [-0.2, -0.15) is 10.1 Å². The van der Waals surface area contributed by atoms with Gasteiger partial charge in [0.25, 0.3) is 5.89 Å². The summed E-state index contributed by atoms with van der Waals surface area (Å²) in [5, 5.41) is 23.7. The number of nitrogens with one attached hydrogen (secondary N) is 1. The smallest absolute Gasteiger partial charge is 0.280 e. The molecule has 0 saturated carbocycles. The largest absolute Gasteiger partial charge is 0.332 e. The van der Waals surface area contributed by atoms with Gasteiger partial charge in [-0.3, -0.25) is 4.68 Å². The highest BCUT2D eigenvalue weighted by atomic mass is 16.5. The topological polar surface area (TPSA) is 107 Å². The molecule has 4 heterocycles. The van der Waals surface area contributed by atoms with Crippen molar-refractivity contribution in [1.82, 2.24) is 40.6 Å². The molecule has 124 valence electrons. The van der Waals surface area contributed by atoms with Crippen LogP contribution in [0.15, 0.2) is 22.9 Å². The highest BCUT2D eigenvalue weighted by Gasteiger charge is 2.17. The molecule has 0 aliphatic carbocycles. The van der Waals surface area contributed by atoms with E-state index in [-0.39, 0.29) is 0 Å². The fourth-order valence-electron chi connectivity index (χ4n) is 2.78. The summed E-state index contributed by atoms with van der Waals surface area (Å²) in [6.07, 6.45) is 4.25. The number of nitrogens with zero attached hydrogens (tertiary/aromatic N) is 7. The third-order valence-electron chi connectivity index (χ3n) is 4.05. The van der Waals surface area contributed by atoms with E-state index in [0.717, 1.165) is 25.3 Å². The Bertz CT molecular complexity index is 803. The van der Waals surface area contributed by atoms with Crippen LogP contribution in [0.25, 0.3) is 23.1 Å². The molecule has 1 N–H and O–H groups in total. The molecule has 3 aromatic heterocycles. The summed E-state index contributed by atoms with van der Waals surface area (Å²) in [4.78, 5) is 4.33. The zero-order valence-electron chi connectivity index (χ0n) is 13.4. The molecule has 0 bridgehead atoms. The average Bonchev–Trinajstić information content (AvgIpc) is 3.26. The lowest BCUT2D eigenvalue weighted by atomic mass is 10.00. The molecule has 0 spiro atoms. The normalized spacial score (nSPS) is 18.0. The Morgan fingerprint density at radius 3 is 3.00 bits per heavy atom. The highest BCUT2D eigenvalue weighted by Crippen LogP contribution is 2.19. The summed E-state index contributed by atoms with van der Waals surface area (Å²) in [5.74, 6) is 1.30. The van der Waals surface area contributed by atoms with Crippen molar-refractivity contribution in [2.45, 2.75) is 26.3 Å². The predicted molar refractivity (Wildman–Crippen MR) is 84.7 cm³/mol. The van der Waals surface area contributed by atoms with E-state index in [4.69, 9.17) is 4.52 Å². The molecule has 1 saturated heterocycles. The SMILES string of the molecule is Cc1ccc(-c2noc(-c3cn(CC4CCCNC4)nn3)n2)nn1. The number of aromatic nitrogens is 7. The van der Waals surface area contributed by atoms with Gasteiger partial charge >= 0.3 is 0 Å². The molecule has 9 heteroatoms. The summed E-state index contributed by atoms with van der Waals surface area (Å²) in [6, 6.07) is 3.66. The van der Waals surface area contributed by atoms with Crippen LogP contribution in [0.1, 0.15) is 18.5 Å². The second kappa shape index (κ2) is 6.44. The van der Waals surface area contributed by atoms with Gasteiger partial charge in [0.15, 0.2) is 5.69 Å². The van der Waals surface area contributed by atoms with Crippen molar-refractivity contribution >= 4 is 0 Å². The molecule has 9 nitrogen and oxygen atoms in total. The first-order valence-corrected chi connectivity index (χ1v) is 8.03. The fourth-order valence-corrected chi connectivity index (χ4v) is 2.78. The van der Waals surface area contributed by atoms with Crippen LogP contribution in [0.4, 0.5) is 0 Å². The van der Waals surface area contributed by atoms with E-state index in [9.17, 15) is 0 Å². The molecule has 1 unspecified atom stereocenters. The summed E-state index contributed by atoms with van der Waals surface area (Å²) in [5.41, 5.74) is 1.97. The molecule has 0 aromatic carbocycles. The summed E-state index contributed by atoms with van der Waals surface area (Å²) in [7, 11) is 0. The monoisotopic (exact) mass is 326 g/mol. The van der Waals surface area contributed by atoms with Crippen LogP contribution in [-0.4, -0.2) is 48.4 Å². The summed E-state index contributed by atoms with van der Waals surface area (Å²) < 4.78 is 7.12. The molecule has 1 fully saturated rings. The maximum absolute atomic E-state index is 5.28. The van der Waals surface area contributed by atoms with E-state index in [1.807, 2.05) is 29.9 Å². The minimum Gasteiger partial charge on any atom is -0.332 e. The quantitative estimate of drug-likeness (QED) is 0.759. The third-order valence-corrected chi connectivity index (χ3v) is 4.05. The lowest BCUT2D eigenvalue weighted by molar-refractivity contribution is 0.322. The predicted octanol–water partition coefficient (Wildman–Crippen LogP) is 1.09. The molecule has 1 aliphatic heterocycles. The van der Waals surface area contributed by atoms with Crippen LogP contribution in [0.2, 0.25) is 0 Å². The molecular weight excluding hydrogens is 308 g/mol. The second-order valence-electron chi connectivity index (χ2n) is 6.02. The van der Waals surface area contributed by atoms with E-state index >= 15 is 0 Å². The van der Waals surface area contributed by atoms with Crippen molar-refractivity contribution in [2.24, 2.45) is 5.92 Å². The molecule has 24 heavy (non-hydrogen) atoms. The first-order chi connectivity index (χ1) is 11.8. The third kappa shape index (κ3) is 3.16. The van der Waals surface area contributed by atoms with Gasteiger partial charge in [0.05, 0.1) is 11.9 Å². The average molecular weight is 326 g/mol. The fraction of sp³-hybridized carbons (Fsp3) is 0.467. The van der Waals surface area contributed by atoms with Crippen molar-refractivity contribution in [3.63, 3.8) is 0 Å². The van der Waals surface area contributed by atoms with Gasteiger partial charge in [-0.15, -0.1) is 10.2 Å². The van der Waals surface area contributed by atoms with E-state index in [2.05, 4.69) is 36.0 Å². The Kier molecular flexibility index (Phi) is 3.99. The van der Waals surface area contributed by atoms with Crippen molar-refractivity contribution in [3.05, 3.63) is 24.0 Å². The van der Waals surface area contributed by atoms with Gasteiger partial charge < -0.3 is 9.84 Å². The molecule has 4 rings (SSSR count). The Morgan fingerprint density at radius 2 is 2.21 bits per heavy atom. The van der Waals surface area contributed by atoms with Crippen molar-refractivity contribution in [2.75, 3.05) is 13.1 Å². The standard InChI is InChI=1S/C15H18N8O/c1-10-4-5-12(19-18-10)14-17-15(24-21-14)13-9-23(22-20-13)8-11-3-2-6-16-7-11/h4-5,9,11,16H,2-3,6-8H2,1H3. The number of rotatable bonds is 4. The summed E-state index contributed by atoms with van der Waals surface area (Å²) in [6.45, 7) is 4.83. The van der Waals surface area contributed by atoms with Crippen molar-refractivity contribution in [1.29, 1.82) is 0 Å². The van der Waals surface area contributed by atoms with Gasteiger partial charge in [0, 0.05) is 6.54 Å². The zero-order chi connectivity index (χ0) is 16.4. The van der Waals surface area contributed by atoms with E-state index in [1.165, 1.54) is 12.8 Å². The minimum absolute atomic E-state index is 0.334. The maximum Gasteiger partial charge on any atom is 0.280 e. The maximum atomic E-state index is 5.28. The molecule has 1 atom stereocenters. The van der Waals surface area contributed by atoms with Crippen LogP contribution >= 0.6 is 0 Å². The first kappa shape index (κ1) is 14.9. The van der Waals surface area contributed by atoms with E-state index in [0.29, 0.717) is 29.0 Å². The number of hydrogen-bond donors (Lipinski definition) is 1. The molecule has 3 aromatic rings. The number of piperidine rings is 1. The van der Waals surface area contributed by atoms with Gasteiger partial charge in [-0.25, -0.2) is 0 Å². The molecular formula is C15H18N8O. The Hall–Kier alpha value is -2.68. The number of aryl methyl sites for hydroxylation is 1. The van der Waals surface area contributed by atoms with Crippen LogP contribution in [-0.2, 0) is 6.54 Å². The van der Waals surface area contributed by atoms with Gasteiger partial charge in [0.1, 0.15) is 5.69 Å². The Morgan fingerprint density at radius 1 is 1.25 bits per heavy atom. The highest BCUT2D eigenvalue weighted by molar-refractivity contribution is 5.52. The Balaban J connectivity index is 1.49. The number of hydrogen-bond acceptors (Lipinski definition) is 8. The zero-order valence-corrected chi connectivity index (χ0v) is 13.4. The van der Waals surface area contributed by atoms with Crippen molar-refractivity contribution < 1.29 is 4.52 Å². The van der Waals surface area contributed by atoms with Crippen molar-refractivity contribution in [3.8, 4) is 23.1 Å². The summed E-state index contributed by atoms with van der Waals surface area (Å²) >= 11 is 0. The van der Waals surface area contributed by atoms with E-state index < -0.39 is 0 Å².